The van der Waals surface area contributed by atoms with Crippen molar-refractivity contribution in [1.29, 1.82) is 0 Å². The summed E-state index contributed by atoms with van der Waals surface area (Å²) in [6.45, 7) is 3.36. The third-order valence-corrected chi connectivity index (χ3v) is 3.48. The van der Waals surface area contributed by atoms with Gasteiger partial charge in [-0.25, -0.2) is 0 Å². The minimum atomic E-state index is -0.870. The molecule has 0 bridgehead atoms. The largest absolute Gasteiger partial charge is 0.507 e. The summed E-state index contributed by atoms with van der Waals surface area (Å²) in [7, 11) is 1.64. The molecule has 1 amide bonds. The highest BCUT2D eigenvalue weighted by Gasteiger charge is 2.33. The number of aliphatic hydroxyl groups is 1. The summed E-state index contributed by atoms with van der Waals surface area (Å²) >= 11 is 0. The van der Waals surface area contributed by atoms with Gasteiger partial charge < -0.3 is 20.4 Å². The van der Waals surface area contributed by atoms with E-state index in [1.165, 1.54) is 4.90 Å². The molecule has 1 unspecified atom stereocenters. The number of carbonyl (C=O) groups excluding carboxylic acids is 1. The van der Waals surface area contributed by atoms with Crippen molar-refractivity contribution in [2.45, 2.75) is 18.9 Å². The number of hydrogen-bond acceptors (Lipinski definition) is 4. The van der Waals surface area contributed by atoms with Crippen LogP contribution in [0.15, 0.2) is 18.2 Å². The molecule has 3 N–H and O–H groups in total. The van der Waals surface area contributed by atoms with Crippen LogP contribution < -0.4 is 5.32 Å². The number of nitrogens with one attached hydrogen (secondary N) is 1. The lowest BCUT2D eigenvalue weighted by molar-refractivity contribution is 0.0251. The Morgan fingerprint density at radius 1 is 1.53 bits per heavy atom. The highest BCUT2D eigenvalue weighted by atomic mass is 16.3. The molecule has 1 heterocycles. The SMILES string of the molecule is Cc1ccc(C(=O)N(C)CC2(O)CCNC2)c(O)c1. The van der Waals surface area contributed by atoms with Crippen LogP contribution in [-0.4, -0.2) is 53.3 Å². The van der Waals surface area contributed by atoms with Crippen molar-refractivity contribution in [3.05, 3.63) is 29.3 Å². The highest BCUT2D eigenvalue weighted by molar-refractivity contribution is 5.96. The van der Waals surface area contributed by atoms with Crippen molar-refractivity contribution in [3.63, 3.8) is 0 Å². The Bertz CT molecular complexity index is 482. The normalized spacial score (nSPS) is 22.5. The predicted octanol–water partition coefficient (Wildman–Crippen LogP) is 0.497. The molecule has 1 saturated heterocycles. The molecule has 104 valence electrons. The van der Waals surface area contributed by atoms with Crippen molar-refractivity contribution in [1.82, 2.24) is 10.2 Å². The Morgan fingerprint density at radius 3 is 2.84 bits per heavy atom. The fourth-order valence-corrected chi connectivity index (χ4v) is 2.41. The predicted molar refractivity (Wildman–Crippen MR) is 72.2 cm³/mol. The van der Waals surface area contributed by atoms with Crippen LogP contribution in [0.2, 0.25) is 0 Å². The van der Waals surface area contributed by atoms with E-state index < -0.39 is 5.60 Å². The summed E-state index contributed by atoms with van der Waals surface area (Å²) < 4.78 is 0. The van der Waals surface area contributed by atoms with E-state index >= 15 is 0 Å². The summed E-state index contributed by atoms with van der Waals surface area (Å²) in [5, 5.41) is 23.1. The number of carbonyl (C=O) groups is 1. The van der Waals surface area contributed by atoms with Crippen LogP contribution in [0.4, 0.5) is 0 Å². The van der Waals surface area contributed by atoms with Crippen molar-refractivity contribution >= 4 is 5.91 Å². The molecule has 19 heavy (non-hydrogen) atoms. The van der Waals surface area contributed by atoms with Crippen molar-refractivity contribution in [2.24, 2.45) is 0 Å². The molecule has 1 aliphatic rings. The topological polar surface area (TPSA) is 72.8 Å². The van der Waals surface area contributed by atoms with Gasteiger partial charge in [0.2, 0.25) is 0 Å². The lowest BCUT2D eigenvalue weighted by Crippen LogP contribution is -2.45. The molecule has 0 spiro atoms. The average molecular weight is 264 g/mol. The number of likely N-dealkylation sites (N-methyl/N-ethyl adjacent to an activating group) is 1. The van der Waals surface area contributed by atoms with Crippen LogP contribution in [0, 0.1) is 6.92 Å². The van der Waals surface area contributed by atoms with Gasteiger partial charge in [0.1, 0.15) is 5.75 Å². The number of amides is 1. The van der Waals surface area contributed by atoms with Gasteiger partial charge in [0, 0.05) is 13.6 Å². The van der Waals surface area contributed by atoms with E-state index in [0.29, 0.717) is 13.0 Å². The van der Waals surface area contributed by atoms with Crippen LogP contribution in [-0.2, 0) is 0 Å². The number of β-amino-alcohol motifs (C(OH)–C–C–N with tert-alkyl or cyclic N) is 1. The molecule has 1 aromatic carbocycles. The van der Waals surface area contributed by atoms with Gasteiger partial charge in [-0.15, -0.1) is 0 Å². The molecule has 0 saturated carbocycles. The molecule has 5 nitrogen and oxygen atoms in total. The molecule has 1 aromatic rings. The van der Waals surface area contributed by atoms with E-state index in [1.54, 1.807) is 25.2 Å². The number of rotatable bonds is 3. The first-order valence-electron chi connectivity index (χ1n) is 6.39. The van der Waals surface area contributed by atoms with Crippen LogP contribution >= 0.6 is 0 Å². The van der Waals surface area contributed by atoms with Gasteiger partial charge in [-0.05, 0) is 37.6 Å². The van der Waals surface area contributed by atoms with Crippen LogP contribution in [0.1, 0.15) is 22.3 Å². The maximum atomic E-state index is 12.2. The quantitative estimate of drug-likeness (QED) is 0.743. The molecule has 1 aliphatic heterocycles. The Balaban J connectivity index is 2.10. The first-order chi connectivity index (χ1) is 8.91. The highest BCUT2D eigenvalue weighted by Crippen LogP contribution is 2.22. The Hall–Kier alpha value is -1.59. The van der Waals surface area contributed by atoms with Crippen molar-refractivity contribution < 1.29 is 15.0 Å². The number of aromatic hydroxyl groups is 1. The standard InChI is InChI=1S/C14H20N2O3/c1-10-3-4-11(12(17)7-10)13(18)16(2)9-14(19)5-6-15-8-14/h3-4,7,15,17,19H,5-6,8-9H2,1-2H3. The molecule has 1 fully saturated rings. The van der Waals surface area contributed by atoms with Crippen LogP contribution in [0.25, 0.3) is 0 Å². The van der Waals surface area contributed by atoms with Gasteiger partial charge in [-0.3, -0.25) is 4.79 Å². The number of phenols is 1. The van der Waals surface area contributed by atoms with Gasteiger partial charge in [0.25, 0.3) is 5.91 Å². The molecule has 1 atom stereocenters. The molecule has 5 heteroatoms. The monoisotopic (exact) mass is 264 g/mol. The molecule has 0 radical (unpaired) electrons. The zero-order valence-electron chi connectivity index (χ0n) is 11.3. The summed E-state index contributed by atoms with van der Waals surface area (Å²) in [6.07, 6.45) is 0.629. The minimum absolute atomic E-state index is 0.0200. The minimum Gasteiger partial charge on any atom is -0.507 e. The molecule has 0 aliphatic carbocycles. The van der Waals surface area contributed by atoms with E-state index in [2.05, 4.69) is 5.32 Å². The van der Waals surface area contributed by atoms with E-state index in [0.717, 1.165) is 12.1 Å². The van der Waals surface area contributed by atoms with E-state index in [4.69, 9.17) is 0 Å². The van der Waals surface area contributed by atoms with Gasteiger partial charge in [0.05, 0.1) is 17.7 Å². The zero-order chi connectivity index (χ0) is 14.0. The fourth-order valence-electron chi connectivity index (χ4n) is 2.41. The summed E-state index contributed by atoms with van der Waals surface area (Å²) in [5.41, 5.74) is 0.294. The van der Waals surface area contributed by atoms with Crippen molar-refractivity contribution in [3.8, 4) is 5.75 Å². The van der Waals surface area contributed by atoms with Crippen molar-refractivity contribution in [2.75, 3.05) is 26.7 Å². The van der Waals surface area contributed by atoms with Gasteiger partial charge in [-0.2, -0.15) is 0 Å². The summed E-state index contributed by atoms with van der Waals surface area (Å²) in [5.74, 6) is -0.300. The van der Waals surface area contributed by atoms with Gasteiger partial charge in [0.15, 0.2) is 0 Å². The maximum Gasteiger partial charge on any atom is 0.257 e. The molecular weight excluding hydrogens is 244 g/mol. The Labute approximate surface area is 112 Å². The van der Waals surface area contributed by atoms with Crippen LogP contribution in [0.3, 0.4) is 0 Å². The lowest BCUT2D eigenvalue weighted by atomic mass is 10.0. The lowest BCUT2D eigenvalue weighted by Gasteiger charge is -2.28. The summed E-state index contributed by atoms with van der Waals surface area (Å²) in [4.78, 5) is 13.7. The van der Waals surface area contributed by atoms with E-state index in [-0.39, 0.29) is 23.8 Å². The summed E-state index contributed by atoms with van der Waals surface area (Å²) in [6, 6.07) is 4.96. The molecule has 0 aromatic heterocycles. The third kappa shape index (κ3) is 3.05. The number of hydrogen-bond donors (Lipinski definition) is 3. The second kappa shape index (κ2) is 5.19. The Kier molecular flexibility index (Phi) is 3.78. The smallest absolute Gasteiger partial charge is 0.257 e. The number of benzene rings is 1. The number of nitrogens with zero attached hydrogens (tertiary/aromatic N) is 1. The average Bonchev–Trinajstić information content (AvgIpc) is 2.75. The maximum absolute atomic E-state index is 12.2. The first-order valence-corrected chi connectivity index (χ1v) is 6.39. The molecule has 2 rings (SSSR count). The van der Waals surface area contributed by atoms with Gasteiger partial charge >= 0.3 is 0 Å². The Morgan fingerprint density at radius 2 is 2.26 bits per heavy atom. The first kappa shape index (κ1) is 13.8. The van der Waals surface area contributed by atoms with Gasteiger partial charge in [-0.1, -0.05) is 6.07 Å². The van der Waals surface area contributed by atoms with E-state index in [9.17, 15) is 15.0 Å². The number of phenolic OH excluding ortho intramolecular Hbond substituents is 1. The van der Waals surface area contributed by atoms with E-state index in [1.807, 2.05) is 6.92 Å². The second-order valence-corrected chi connectivity index (χ2v) is 5.33. The second-order valence-electron chi connectivity index (χ2n) is 5.33. The van der Waals surface area contributed by atoms with Crippen LogP contribution in [0.5, 0.6) is 5.75 Å². The molecular formula is C14H20N2O3. The number of aryl methyl sites for hydroxylation is 1. The zero-order valence-corrected chi connectivity index (χ0v) is 11.3. The third-order valence-electron chi connectivity index (χ3n) is 3.48. The fraction of sp³-hybridized carbons (Fsp3) is 0.500.